The molecule has 2 aromatic rings. The number of amides is 1. The monoisotopic (exact) mass is 450 g/mol. The number of alkyl halides is 2. The first-order chi connectivity index (χ1) is 15.9. The minimum Gasteiger partial charge on any atom is -0.320 e. The van der Waals surface area contributed by atoms with Crippen LogP contribution in [0, 0.1) is 11.3 Å². The molecule has 0 radical (unpaired) electrons. The van der Waals surface area contributed by atoms with Crippen molar-refractivity contribution in [1.29, 1.82) is 5.26 Å². The van der Waals surface area contributed by atoms with E-state index in [1.54, 1.807) is 18.3 Å². The number of pyridine rings is 1. The van der Waals surface area contributed by atoms with E-state index in [1.807, 2.05) is 18.2 Å². The second-order valence-electron chi connectivity index (χ2n) is 8.40. The van der Waals surface area contributed by atoms with Crippen molar-refractivity contribution in [1.82, 2.24) is 15.2 Å². The number of nitrogens with one attached hydrogen (secondary N) is 1. The molecule has 0 saturated carbocycles. The molecule has 4 rings (SSSR count). The van der Waals surface area contributed by atoms with Gasteiger partial charge >= 0.3 is 0 Å². The van der Waals surface area contributed by atoms with E-state index >= 15 is 0 Å². The highest BCUT2D eigenvalue weighted by Crippen LogP contribution is 2.32. The molecule has 1 aromatic heterocycles. The van der Waals surface area contributed by atoms with E-state index in [0.717, 1.165) is 30.0 Å². The molecule has 2 aliphatic rings. The minimum absolute atomic E-state index is 0.129. The van der Waals surface area contributed by atoms with Gasteiger partial charge in [-0.2, -0.15) is 5.26 Å². The Balaban J connectivity index is 1.43. The fraction of sp³-hybridized carbons (Fsp3) is 0.360. The molecule has 0 spiro atoms. The van der Waals surface area contributed by atoms with Crippen LogP contribution in [-0.2, 0) is 17.8 Å². The molecule has 1 aromatic carbocycles. The molecule has 0 bridgehead atoms. The largest absolute Gasteiger partial charge is 0.320 e. The lowest BCUT2D eigenvalue weighted by Gasteiger charge is -2.18. The van der Waals surface area contributed by atoms with Gasteiger partial charge in [-0.3, -0.25) is 14.6 Å². The highest BCUT2D eigenvalue weighted by atomic mass is 19.3. The molecule has 6 nitrogen and oxygen atoms in total. The quantitative estimate of drug-likeness (QED) is 0.680. The number of ketones is 1. The fourth-order valence-corrected chi connectivity index (χ4v) is 4.27. The average molecular weight is 450 g/mol. The lowest BCUT2D eigenvalue weighted by atomic mass is 9.97. The van der Waals surface area contributed by atoms with E-state index in [-0.39, 0.29) is 18.6 Å². The third-order valence-electron chi connectivity index (χ3n) is 6.03. The first-order valence-electron chi connectivity index (χ1n) is 10.9. The predicted molar refractivity (Wildman–Crippen MR) is 119 cm³/mol. The molecule has 1 fully saturated rings. The molecule has 0 aliphatic carbocycles. The SMILES string of the molecule is N#C[C@@H]1CC(F)(F)CN1C(=O)CCC(=O)c1ccncc1/C=C/c1ccc2c(c1)CCNC2. The number of halogens is 2. The summed E-state index contributed by atoms with van der Waals surface area (Å²) in [5.41, 5.74) is 4.65. The first-order valence-corrected chi connectivity index (χ1v) is 10.9. The predicted octanol–water partition coefficient (Wildman–Crippen LogP) is 3.62. The number of hydrogen-bond donors (Lipinski definition) is 1. The first kappa shape index (κ1) is 22.7. The number of carbonyl (C=O) groups excluding carboxylic acids is 2. The maximum absolute atomic E-state index is 13.6. The lowest BCUT2D eigenvalue weighted by Crippen LogP contribution is -2.36. The minimum atomic E-state index is -3.07. The van der Waals surface area contributed by atoms with Crippen molar-refractivity contribution in [3.05, 3.63) is 64.5 Å². The van der Waals surface area contributed by atoms with E-state index in [4.69, 9.17) is 5.26 Å². The van der Waals surface area contributed by atoms with Gasteiger partial charge in [0, 0.05) is 49.3 Å². The summed E-state index contributed by atoms with van der Waals surface area (Å²) in [6.07, 6.45) is 6.78. The van der Waals surface area contributed by atoms with Crippen LogP contribution in [0.1, 0.15) is 51.9 Å². The molecular formula is C25H24F2N4O2. The Bertz CT molecular complexity index is 1140. The van der Waals surface area contributed by atoms with E-state index in [9.17, 15) is 18.4 Å². The zero-order chi connectivity index (χ0) is 23.4. The van der Waals surface area contributed by atoms with Crippen molar-refractivity contribution >= 4 is 23.8 Å². The number of nitrogens with zero attached hydrogens (tertiary/aromatic N) is 3. The van der Waals surface area contributed by atoms with Gasteiger partial charge < -0.3 is 10.2 Å². The number of carbonyl (C=O) groups is 2. The Morgan fingerprint density at radius 1 is 1.24 bits per heavy atom. The van der Waals surface area contributed by atoms with Crippen LogP contribution in [0.5, 0.6) is 0 Å². The summed E-state index contributed by atoms with van der Waals surface area (Å²) in [6, 6.07) is 8.44. The van der Waals surface area contributed by atoms with Gasteiger partial charge in [-0.05, 0) is 35.7 Å². The molecule has 2 aliphatic heterocycles. The van der Waals surface area contributed by atoms with Gasteiger partial charge in [0.25, 0.3) is 5.92 Å². The molecule has 33 heavy (non-hydrogen) atoms. The van der Waals surface area contributed by atoms with Gasteiger partial charge in [-0.25, -0.2) is 8.78 Å². The average Bonchev–Trinajstić information content (AvgIpc) is 3.15. The molecule has 8 heteroatoms. The van der Waals surface area contributed by atoms with E-state index in [2.05, 4.69) is 22.4 Å². The number of nitriles is 1. The molecule has 170 valence electrons. The maximum atomic E-state index is 13.6. The number of hydrogen-bond acceptors (Lipinski definition) is 5. The van der Waals surface area contributed by atoms with Gasteiger partial charge in [0.15, 0.2) is 5.78 Å². The Morgan fingerprint density at radius 3 is 2.91 bits per heavy atom. The summed E-state index contributed by atoms with van der Waals surface area (Å²) in [7, 11) is 0. The summed E-state index contributed by atoms with van der Waals surface area (Å²) in [4.78, 5) is 30.2. The van der Waals surface area contributed by atoms with E-state index in [1.165, 1.54) is 17.3 Å². The van der Waals surface area contributed by atoms with Crippen molar-refractivity contribution in [2.45, 2.75) is 44.2 Å². The molecule has 1 N–H and O–H groups in total. The zero-order valence-electron chi connectivity index (χ0n) is 18.1. The van der Waals surface area contributed by atoms with Crippen molar-refractivity contribution in [3.8, 4) is 6.07 Å². The molecule has 1 amide bonds. The van der Waals surface area contributed by atoms with Crippen molar-refractivity contribution < 1.29 is 18.4 Å². The van der Waals surface area contributed by atoms with Crippen LogP contribution in [0.2, 0.25) is 0 Å². The highest BCUT2D eigenvalue weighted by molar-refractivity contribution is 6.01. The molecule has 0 unspecified atom stereocenters. The smallest absolute Gasteiger partial charge is 0.268 e. The van der Waals surface area contributed by atoms with Gasteiger partial charge in [0.05, 0.1) is 12.6 Å². The summed E-state index contributed by atoms with van der Waals surface area (Å²) in [5.74, 6) is -3.96. The van der Waals surface area contributed by atoms with Crippen LogP contribution in [-0.4, -0.2) is 46.6 Å². The second kappa shape index (κ2) is 9.59. The number of Topliss-reactive ketones (excluding diaryl/α,β-unsaturated/α-hetero) is 1. The Hall–Kier alpha value is -3.44. The number of likely N-dealkylation sites (tertiary alicyclic amines) is 1. The van der Waals surface area contributed by atoms with E-state index in [0.29, 0.717) is 11.1 Å². The Kier molecular flexibility index (Phi) is 6.61. The Labute approximate surface area is 190 Å². The summed E-state index contributed by atoms with van der Waals surface area (Å²) >= 11 is 0. The van der Waals surface area contributed by atoms with Crippen molar-refractivity contribution in [2.75, 3.05) is 13.1 Å². The number of benzene rings is 1. The van der Waals surface area contributed by atoms with Gasteiger partial charge in [-0.1, -0.05) is 30.4 Å². The molecule has 3 heterocycles. The van der Waals surface area contributed by atoms with Gasteiger partial charge in [0.1, 0.15) is 6.04 Å². The van der Waals surface area contributed by atoms with Crippen LogP contribution < -0.4 is 5.32 Å². The second-order valence-corrected chi connectivity index (χ2v) is 8.40. The fourth-order valence-electron chi connectivity index (χ4n) is 4.27. The summed E-state index contributed by atoms with van der Waals surface area (Å²) in [6.45, 7) is 1.03. The molecule has 1 atom stereocenters. The summed E-state index contributed by atoms with van der Waals surface area (Å²) < 4.78 is 27.2. The summed E-state index contributed by atoms with van der Waals surface area (Å²) in [5, 5.41) is 12.4. The van der Waals surface area contributed by atoms with Gasteiger partial charge in [-0.15, -0.1) is 0 Å². The van der Waals surface area contributed by atoms with Crippen LogP contribution in [0.4, 0.5) is 8.78 Å². The standard InChI is InChI=1S/C25H24F2N4O2/c26-25(27)12-21(13-28)31(16-25)24(33)6-5-23(32)22-8-10-30-15-20(22)4-2-17-1-3-19-14-29-9-7-18(19)11-17/h1-4,8,10-11,15,21,29H,5-7,9,12,14,16H2/b4-2+/t21-/m0/s1. The molecular weight excluding hydrogens is 426 g/mol. The van der Waals surface area contributed by atoms with Gasteiger partial charge in [0.2, 0.25) is 5.91 Å². The number of aromatic nitrogens is 1. The zero-order valence-corrected chi connectivity index (χ0v) is 18.1. The Morgan fingerprint density at radius 2 is 2.09 bits per heavy atom. The van der Waals surface area contributed by atoms with Crippen LogP contribution in [0.25, 0.3) is 12.2 Å². The molecule has 1 saturated heterocycles. The number of fused-ring (bicyclic) bond motifs is 1. The number of rotatable bonds is 6. The van der Waals surface area contributed by atoms with E-state index < -0.39 is 30.8 Å². The van der Waals surface area contributed by atoms with Crippen molar-refractivity contribution in [2.24, 2.45) is 0 Å². The third kappa shape index (κ3) is 5.32. The van der Waals surface area contributed by atoms with Crippen LogP contribution in [0.3, 0.4) is 0 Å². The normalized spacial score (nSPS) is 19.3. The maximum Gasteiger partial charge on any atom is 0.268 e. The third-order valence-corrected chi connectivity index (χ3v) is 6.03. The lowest BCUT2D eigenvalue weighted by molar-refractivity contribution is -0.132. The van der Waals surface area contributed by atoms with Crippen LogP contribution in [0.15, 0.2) is 36.7 Å². The van der Waals surface area contributed by atoms with Crippen molar-refractivity contribution in [3.63, 3.8) is 0 Å². The highest BCUT2D eigenvalue weighted by Gasteiger charge is 2.47. The topological polar surface area (TPSA) is 86.1 Å². The van der Waals surface area contributed by atoms with Crippen LogP contribution >= 0.6 is 0 Å².